The average molecular weight is 245 g/mol. The monoisotopic (exact) mass is 245 g/mol. The third kappa shape index (κ3) is 3.75. The molecule has 0 fully saturated rings. The minimum absolute atomic E-state index is 0.455. The summed E-state index contributed by atoms with van der Waals surface area (Å²) in [5.41, 5.74) is 3.52. The van der Waals surface area contributed by atoms with Crippen LogP contribution in [-0.4, -0.2) is 24.6 Å². The molecule has 0 radical (unpaired) electrons. The van der Waals surface area contributed by atoms with Gasteiger partial charge in [-0.25, -0.2) is 4.98 Å². The molecule has 3 nitrogen and oxygen atoms in total. The number of aryl methyl sites for hydroxylation is 2. The fraction of sp³-hybridized carbons (Fsp3) is 0.533. The van der Waals surface area contributed by atoms with Crippen LogP contribution >= 0.6 is 0 Å². The van der Waals surface area contributed by atoms with E-state index in [0.717, 1.165) is 18.1 Å². The maximum Gasteiger partial charge on any atom is 0.134 e. The van der Waals surface area contributed by atoms with Gasteiger partial charge in [-0.15, -0.1) is 6.42 Å². The van der Waals surface area contributed by atoms with Crippen molar-refractivity contribution in [2.24, 2.45) is 0 Å². The Morgan fingerprint density at radius 2 is 2.11 bits per heavy atom. The number of terminal acetylenes is 1. The van der Waals surface area contributed by atoms with Crippen LogP contribution in [0.25, 0.3) is 0 Å². The summed E-state index contributed by atoms with van der Waals surface area (Å²) in [5.74, 6) is 3.65. The molecule has 0 saturated carbocycles. The zero-order valence-corrected chi connectivity index (χ0v) is 12.0. The van der Waals surface area contributed by atoms with Gasteiger partial charge in [0.25, 0.3) is 0 Å². The lowest BCUT2D eigenvalue weighted by atomic mass is 10.1. The summed E-state index contributed by atoms with van der Waals surface area (Å²) in [5, 5.41) is 3.44. The minimum atomic E-state index is 0.455. The van der Waals surface area contributed by atoms with E-state index in [1.165, 1.54) is 11.1 Å². The third-order valence-corrected chi connectivity index (χ3v) is 2.83. The summed E-state index contributed by atoms with van der Waals surface area (Å²) in [7, 11) is 1.99. The summed E-state index contributed by atoms with van der Waals surface area (Å²) in [4.78, 5) is 6.65. The van der Waals surface area contributed by atoms with Crippen molar-refractivity contribution in [3.63, 3.8) is 0 Å². The molecule has 0 aliphatic carbocycles. The summed E-state index contributed by atoms with van der Waals surface area (Å²) in [6.07, 6.45) is 5.38. The van der Waals surface area contributed by atoms with Crippen molar-refractivity contribution < 1.29 is 0 Å². The maximum absolute atomic E-state index is 5.38. The SMILES string of the molecule is C#CCN(C)c1nc(C)cc(C)c1CNC(C)C. The van der Waals surface area contributed by atoms with Crippen LogP contribution in [0.5, 0.6) is 0 Å². The molecule has 0 saturated heterocycles. The number of nitrogens with zero attached hydrogens (tertiary/aromatic N) is 2. The highest BCUT2D eigenvalue weighted by Gasteiger charge is 2.12. The Morgan fingerprint density at radius 3 is 2.67 bits per heavy atom. The second kappa shape index (κ2) is 6.42. The maximum atomic E-state index is 5.38. The highest BCUT2D eigenvalue weighted by atomic mass is 15.2. The molecule has 1 heterocycles. The van der Waals surface area contributed by atoms with Crippen molar-refractivity contribution in [3.05, 3.63) is 22.9 Å². The van der Waals surface area contributed by atoms with E-state index < -0.39 is 0 Å². The van der Waals surface area contributed by atoms with E-state index in [2.05, 4.69) is 43.1 Å². The fourth-order valence-electron chi connectivity index (χ4n) is 1.90. The van der Waals surface area contributed by atoms with Gasteiger partial charge in [0.05, 0.1) is 6.54 Å². The topological polar surface area (TPSA) is 28.2 Å². The molecule has 0 amide bonds. The van der Waals surface area contributed by atoms with Gasteiger partial charge in [0.1, 0.15) is 5.82 Å². The smallest absolute Gasteiger partial charge is 0.134 e. The molecule has 18 heavy (non-hydrogen) atoms. The molecule has 0 aliphatic heterocycles. The summed E-state index contributed by atoms with van der Waals surface area (Å²) in [6.45, 7) is 9.81. The Balaban J connectivity index is 3.09. The summed E-state index contributed by atoms with van der Waals surface area (Å²) < 4.78 is 0. The first-order valence-corrected chi connectivity index (χ1v) is 6.30. The standard InChI is InChI=1S/C15H23N3/c1-7-8-18(6)15-14(10-16-11(2)3)12(4)9-13(5)17-15/h1,9,11,16H,8,10H2,2-6H3. The zero-order chi connectivity index (χ0) is 13.7. The predicted octanol–water partition coefficient (Wildman–Crippen LogP) is 2.27. The number of pyridine rings is 1. The van der Waals surface area contributed by atoms with Gasteiger partial charge in [0.2, 0.25) is 0 Å². The number of hydrogen-bond donors (Lipinski definition) is 1. The molecule has 98 valence electrons. The molecule has 1 aromatic rings. The van der Waals surface area contributed by atoms with Gasteiger partial charge < -0.3 is 10.2 Å². The highest BCUT2D eigenvalue weighted by Crippen LogP contribution is 2.21. The number of rotatable bonds is 5. The van der Waals surface area contributed by atoms with E-state index in [1.54, 1.807) is 0 Å². The van der Waals surface area contributed by atoms with Gasteiger partial charge in [-0.2, -0.15) is 0 Å². The van der Waals surface area contributed by atoms with Gasteiger partial charge in [0.15, 0.2) is 0 Å². The van der Waals surface area contributed by atoms with Crippen LogP contribution in [0, 0.1) is 26.2 Å². The second-order valence-corrected chi connectivity index (χ2v) is 4.98. The van der Waals surface area contributed by atoms with E-state index in [9.17, 15) is 0 Å². The molecule has 0 aromatic carbocycles. The van der Waals surface area contributed by atoms with Gasteiger partial charge >= 0.3 is 0 Å². The van der Waals surface area contributed by atoms with E-state index in [0.29, 0.717) is 12.6 Å². The molecular formula is C15H23N3. The Bertz CT molecular complexity index is 444. The van der Waals surface area contributed by atoms with Gasteiger partial charge in [-0.3, -0.25) is 0 Å². The third-order valence-electron chi connectivity index (χ3n) is 2.83. The first kappa shape index (κ1) is 14.5. The lowest BCUT2D eigenvalue weighted by Crippen LogP contribution is -2.26. The molecule has 1 aromatic heterocycles. The number of hydrogen-bond acceptors (Lipinski definition) is 3. The molecule has 3 heteroatoms. The molecule has 1 rings (SSSR count). The van der Waals surface area contributed by atoms with Crippen molar-refractivity contribution >= 4 is 5.82 Å². The van der Waals surface area contributed by atoms with Crippen molar-refractivity contribution in [1.29, 1.82) is 0 Å². The van der Waals surface area contributed by atoms with Crippen LogP contribution in [-0.2, 0) is 6.54 Å². The van der Waals surface area contributed by atoms with Gasteiger partial charge in [-0.05, 0) is 25.5 Å². The first-order chi connectivity index (χ1) is 8.45. The Hall–Kier alpha value is -1.53. The molecular weight excluding hydrogens is 222 g/mol. The van der Waals surface area contributed by atoms with E-state index in [4.69, 9.17) is 6.42 Å². The summed E-state index contributed by atoms with van der Waals surface area (Å²) >= 11 is 0. The first-order valence-electron chi connectivity index (χ1n) is 6.30. The normalized spacial score (nSPS) is 10.5. The van der Waals surface area contributed by atoms with Crippen LogP contribution in [0.3, 0.4) is 0 Å². The van der Waals surface area contributed by atoms with Crippen molar-refractivity contribution in [3.8, 4) is 12.3 Å². The highest BCUT2D eigenvalue weighted by molar-refractivity contribution is 5.51. The Labute approximate surface area is 111 Å². The van der Waals surface area contributed by atoms with Crippen LogP contribution in [0.2, 0.25) is 0 Å². The molecule has 1 N–H and O–H groups in total. The zero-order valence-electron chi connectivity index (χ0n) is 12.0. The van der Waals surface area contributed by atoms with Crippen molar-refractivity contribution in [2.75, 3.05) is 18.5 Å². The van der Waals surface area contributed by atoms with Gasteiger partial charge in [-0.1, -0.05) is 19.8 Å². The van der Waals surface area contributed by atoms with Crippen molar-refractivity contribution in [2.45, 2.75) is 40.3 Å². The lowest BCUT2D eigenvalue weighted by Gasteiger charge is -2.22. The van der Waals surface area contributed by atoms with E-state index in [-0.39, 0.29) is 0 Å². The quantitative estimate of drug-likeness (QED) is 0.807. The molecule has 0 unspecified atom stereocenters. The summed E-state index contributed by atoms with van der Waals surface area (Å²) in [6, 6.07) is 2.57. The van der Waals surface area contributed by atoms with Crippen LogP contribution in [0.15, 0.2) is 6.07 Å². The van der Waals surface area contributed by atoms with E-state index in [1.807, 2.05) is 18.9 Å². The lowest BCUT2D eigenvalue weighted by molar-refractivity contribution is 0.586. The molecule has 0 atom stereocenters. The predicted molar refractivity (Wildman–Crippen MR) is 77.8 cm³/mol. The van der Waals surface area contributed by atoms with Crippen molar-refractivity contribution in [1.82, 2.24) is 10.3 Å². The number of aromatic nitrogens is 1. The second-order valence-electron chi connectivity index (χ2n) is 4.98. The molecule has 0 aliphatic rings. The number of anilines is 1. The van der Waals surface area contributed by atoms with E-state index >= 15 is 0 Å². The minimum Gasteiger partial charge on any atom is -0.348 e. The van der Waals surface area contributed by atoms with Crippen LogP contribution in [0.4, 0.5) is 5.82 Å². The largest absolute Gasteiger partial charge is 0.348 e. The van der Waals surface area contributed by atoms with Gasteiger partial charge in [0, 0.05) is 30.9 Å². The van der Waals surface area contributed by atoms with Crippen LogP contribution in [0.1, 0.15) is 30.7 Å². The Morgan fingerprint density at radius 1 is 1.44 bits per heavy atom. The molecule has 0 spiro atoms. The molecule has 0 bridgehead atoms. The van der Waals surface area contributed by atoms with Crippen LogP contribution < -0.4 is 10.2 Å². The average Bonchev–Trinajstić information content (AvgIpc) is 2.26. The number of nitrogens with one attached hydrogen (secondary N) is 1. The Kier molecular flexibility index (Phi) is 5.18. The fourth-order valence-corrected chi connectivity index (χ4v) is 1.90.